The van der Waals surface area contributed by atoms with E-state index in [1.165, 1.54) is 23.7 Å². The molecule has 5 nitrogen and oxygen atoms in total. The third-order valence-corrected chi connectivity index (χ3v) is 3.26. The van der Waals surface area contributed by atoms with Crippen LogP contribution in [-0.4, -0.2) is 19.3 Å². The zero-order valence-electron chi connectivity index (χ0n) is 11.2. The van der Waals surface area contributed by atoms with E-state index in [2.05, 4.69) is 24.6 Å². The first-order valence-electron chi connectivity index (χ1n) is 6.31. The first-order valence-corrected chi connectivity index (χ1v) is 7.15. The van der Waals surface area contributed by atoms with E-state index >= 15 is 0 Å². The second-order valence-corrected chi connectivity index (χ2v) is 5.10. The average Bonchev–Trinajstić information content (AvgIpc) is 2.93. The van der Waals surface area contributed by atoms with Gasteiger partial charge in [-0.1, -0.05) is 12.1 Å². The molecule has 0 unspecified atom stereocenters. The summed E-state index contributed by atoms with van der Waals surface area (Å²) >= 11 is 1.27. The van der Waals surface area contributed by atoms with Crippen LogP contribution in [0.5, 0.6) is 0 Å². The molecule has 3 rings (SSSR count). The van der Waals surface area contributed by atoms with Gasteiger partial charge in [0, 0.05) is 18.2 Å². The van der Waals surface area contributed by atoms with E-state index in [1.54, 1.807) is 17.6 Å². The standard InChI is InChI=1S/C14H12FN5S/c1-9-6-12(19-14-16-8-21-20-14)18-13(17-9)7-10-2-4-11(15)5-3-10/h2-6,8H,7H2,1H3,(H,17,18,19,20). The quantitative estimate of drug-likeness (QED) is 0.802. The summed E-state index contributed by atoms with van der Waals surface area (Å²) in [5.41, 5.74) is 3.45. The molecule has 0 aliphatic heterocycles. The third-order valence-electron chi connectivity index (χ3n) is 2.78. The Hall–Kier alpha value is -2.41. The molecule has 0 atom stereocenters. The highest BCUT2D eigenvalue weighted by molar-refractivity contribution is 7.03. The van der Waals surface area contributed by atoms with Crippen LogP contribution in [0.1, 0.15) is 17.1 Å². The lowest BCUT2D eigenvalue weighted by Crippen LogP contribution is -2.03. The van der Waals surface area contributed by atoms with Gasteiger partial charge >= 0.3 is 0 Å². The number of halogens is 1. The second kappa shape index (κ2) is 5.92. The molecular formula is C14H12FN5S. The molecule has 0 saturated heterocycles. The fourth-order valence-electron chi connectivity index (χ4n) is 1.90. The number of hydrogen-bond acceptors (Lipinski definition) is 6. The van der Waals surface area contributed by atoms with Crippen molar-refractivity contribution in [3.63, 3.8) is 0 Å². The molecular weight excluding hydrogens is 289 g/mol. The third kappa shape index (κ3) is 3.57. The molecule has 0 bridgehead atoms. The topological polar surface area (TPSA) is 63.6 Å². The zero-order chi connectivity index (χ0) is 14.7. The van der Waals surface area contributed by atoms with Gasteiger partial charge in [0.1, 0.15) is 23.0 Å². The Balaban J connectivity index is 1.82. The monoisotopic (exact) mass is 301 g/mol. The first kappa shape index (κ1) is 13.6. The van der Waals surface area contributed by atoms with Gasteiger partial charge < -0.3 is 5.32 Å². The summed E-state index contributed by atoms with van der Waals surface area (Å²) < 4.78 is 17.0. The molecule has 0 amide bonds. The maximum atomic E-state index is 12.9. The van der Waals surface area contributed by atoms with Gasteiger partial charge in [0.05, 0.1) is 0 Å². The SMILES string of the molecule is Cc1cc(Nc2ncsn2)nc(Cc2ccc(F)cc2)n1. The van der Waals surface area contributed by atoms with Crippen LogP contribution in [0.2, 0.25) is 0 Å². The van der Waals surface area contributed by atoms with E-state index in [0.717, 1.165) is 11.3 Å². The molecule has 2 aromatic heterocycles. The fraction of sp³-hybridized carbons (Fsp3) is 0.143. The lowest BCUT2D eigenvalue weighted by atomic mass is 10.1. The maximum absolute atomic E-state index is 12.9. The molecule has 0 saturated carbocycles. The Morgan fingerprint density at radius 1 is 1.19 bits per heavy atom. The molecule has 1 aromatic carbocycles. The summed E-state index contributed by atoms with van der Waals surface area (Å²) in [7, 11) is 0. The van der Waals surface area contributed by atoms with Crippen LogP contribution < -0.4 is 5.32 Å². The Morgan fingerprint density at radius 3 is 2.71 bits per heavy atom. The van der Waals surface area contributed by atoms with Crippen LogP contribution in [-0.2, 0) is 6.42 Å². The largest absolute Gasteiger partial charge is 0.308 e. The number of aromatic nitrogens is 4. The highest BCUT2D eigenvalue weighted by Crippen LogP contribution is 2.14. The van der Waals surface area contributed by atoms with E-state index < -0.39 is 0 Å². The zero-order valence-corrected chi connectivity index (χ0v) is 12.1. The minimum Gasteiger partial charge on any atom is -0.308 e. The van der Waals surface area contributed by atoms with Crippen molar-refractivity contribution < 1.29 is 4.39 Å². The lowest BCUT2D eigenvalue weighted by molar-refractivity contribution is 0.627. The van der Waals surface area contributed by atoms with Crippen molar-refractivity contribution in [3.05, 3.63) is 58.7 Å². The second-order valence-electron chi connectivity index (χ2n) is 4.49. The van der Waals surface area contributed by atoms with Crippen LogP contribution in [0.4, 0.5) is 16.2 Å². The van der Waals surface area contributed by atoms with E-state index in [-0.39, 0.29) is 5.82 Å². The Labute approximate surface area is 125 Å². The number of anilines is 2. The summed E-state index contributed by atoms with van der Waals surface area (Å²) in [6, 6.07) is 8.16. The lowest BCUT2D eigenvalue weighted by Gasteiger charge is -2.06. The summed E-state index contributed by atoms with van der Waals surface area (Å²) in [5.74, 6) is 1.59. The maximum Gasteiger partial charge on any atom is 0.240 e. The van der Waals surface area contributed by atoms with Gasteiger partial charge in [-0.3, -0.25) is 0 Å². The summed E-state index contributed by atoms with van der Waals surface area (Å²) in [6.07, 6.45) is 0.543. The summed E-state index contributed by atoms with van der Waals surface area (Å²) in [4.78, 5) is 12.9. The van der Waals surface area contributed by atoms with E-state index in [4.69, 9.17) is 0 Å². The van der Waals surface area contributed by atoms with Crippen molar-refractivity contribution in [1.29, 1.82) is 0 Å². The molecule has 21 heavy (non-hydrogen) atoms. The van der Waals surface area contributed by atoms with Gasteiger partial charge in [-0.25, -0.2) is 19.3 Å². The molecule has 2 heterocycles. The van der Waals surface area contributed by atoms with E-state index in [1.807, 2.05) is 13.0 Å². The van der Waals surface area contributed by atoms with Crippen molar-refractivity contribution in [2.24, 2.45) is 0 Å². The van der Waals surface area contributed by atoms with Crippen molar-refractivity contribution in [2.75, 3.05) is 5.32 Å². The number of hydrogen-bond donors (Lipinski definition) is 1. The highest BCUT2D eigenvalue weighted by Gasteiger charge is 2.06. The molecule has 0 aliphatic carbocycles. The molecule has 0 fully saturated rings. The predicted molar refractivity (Wildman–Crippen MR) is 79.2 cm³/mol. The molecule has 0 aliphatic rings. The number of benzene rings is 1. The van der Waals surface area contributed by atoms with Crippen molar-refractivity contribution >= 4 is 23.3 Å². The first-order chi connectivity index (χ1) is 10.2. The number of aryl methyl sites for hydroxylation is 1. The molecule has 106 valence electrons. The Kier molecular flexibility index (Phi) is 3.83. The van der Waals surface area contributed by atoms with Crippen molar-refractivity contribution in [1.82, 2.24) is 19.3 Å². The summed E-state index contributed by atoms with van der Waals surface area (Å²) in [6.45, 7) is 1.90. The molecule has 3 aromatic rings. The molecule has 1 N–H and O–H groups in total. The van der Waals surface area contributed by atoms with Crippen LogP contribution in [0.25, 0.3) is 0 Å². The van der Waals surface area contributed by atoms with Crippen LogP contribution in [0, 0.1) is 12.7 Å². The van der Waals surface area contributed by atoms with Gasteiger partial charge in [-0.15, -0.1) is 0 Å². The molecule has 0 radical (unpaired) electrons. The Morgan fingerprint density at radius 2 is 2.00 bits per heavy atom. The fourth-order valence-corrected chi connectivity index (χ4v) is 2.28. The predicted octanol–water partition coefficient (Wildman–Crippen LogP) is 3.11. The summed E-state index contributed by atoms with van der Waals surface area (Å²) in [5, 5.41) is 3.04. The van der Waals surface area contributed by atoms with E-state index in [9.17, 15) is 4.39 Å². The van der Waals surface area contributed by atoms with Gasteiger partial charge in [-0.2, -0.15) is 4.37 Å². The van der Waals surface area contributed by atoms with Crippen LogP contribution in [0.3, 0.4) is 0 Å². The minimum absolute atomic E-state index is 0.249. The van der Waals surface area contributed by atoms with Crippen LogP contribution in [0.15, 0.2) is 35.8 Å². The smallest absolute Gasteiger partial charge is 0.240 e. The minimum atomic E-state index is -0.249. The molecule has 7 heteroatoms. The van der Waals surface area contributed by atoms with E-state index in [0.29, 0.717) is 24.0 Å². The number of nitrogens with zero attached hydrogens (tertiary/aromatic N) is 4. The number of rotatable bonds is 4. The highest BCUT2D eigenvalue weighted by atomic mass is 32.1. The van der Waals surface area contributed by atoms with Gasteiger partial charge in [0.25, 0.3) is 0 Å². The van der Waals surface area contributed by atoms with Gasteiger partial charge in [-0.05, 0) is 36.2 Å². The normalized spacial score (nSPS) is 10.6. The van der Waals surface area contributed by atoms with Crippen molar-refractivity contribution in [3.8, 4) is 0 Å². The van der Waals surface area contributed by atoms with Gasteiger partial charge in [0.2, 0.25) is 5.95 Å². The Bertz CT molecular complexity index is 728. The van der Waals surface area contributed by atoms with Crippen LogP contribution >= 0.6 is 11.5 Å². The van der Waals surface area contributed by atoms with Crippen molar-refractivity contribution in [2.45, 2.75) is 13.3 Å². The average molecular weight is 301 g/mol. The van der Waals surface area contributed by atoms with Gasteiger partial charge in [0.15, 0.2) is 0 Å². The molecule has 0 spiro atoms. The number of nitrogens with one attached hydrogen (secondary N) is 1.